The summed E-state index contributed by atoms with van der Waals surface area (Å²) in [7, 11) is -3.89. The van der Waals surface area contributed by atoms with Crippen molar-refractivity contribution >= 4 is 56.2 Å². The Hall–Kier alpha value is -2.88. The van der Waals surface area contributed by atoms with Crippen LogP contribution in [0.5, 0.6) is 0 Å². The van der Waals surface area contributed by atoms with Gasteiger partial charge in [0.25, 0.3) is 10.0 Å². The minimum absolute atomic E-state index is 0.0130. The molecule has 0 aliphatic heterocycles. The molecule has 0 aliphatic carbocycles. The summed E-state index contributed by atoms with van der Waals surface area (Å²) in [5.74, 6) is -0.594. The van der Waals surface area contributed by atoms with Crippen LogP contribution >= 0.6 is 22.9 Å². The van der Waals surface area contributed by atoms with Crippen LogP contribution in [-0.2, 0) is 19.6 Å². The first-order valence-electron chi connectivity index (χ1n) is 9.63. The van der Waals surface area contributed by atoms with E-state index in [-0.39, 0.29) is 23.1 Å². The van der Waals surface area contributed by atoms with Gasteiger partial charge in [-0.25, -0.2) is 8.42 Å². The lowest BCUT2D eigenvalue weighted by Crippen LogP contribution is -2.29. The number of rotatable bonds is 8. The zero-order valence-electron chi connectivity index (χ0n) is 17.4. The second kappa shape index (κ2) is 10.2. The van der Waals surface area contributed by atoms with E-state index in [4.69, 9.17) is 11.6 Å². The van der Waals surface area contributed by atoms with Gasteiger partial charge in [0.2, 0.25) is 11.8 Å². The second-order valence-corrected chi connectivity index (χ2v) is 10.2. The molecule has 0 bridgehead atoms. The molecular formula is C22H22ClN3O4S2. The highest BCUT2D eigenvalue weighted by molar-refractivity contribution is 7.92. The number of halogens is 1. The highest BCUT2D eigenvalue weighted by atomic mass is 35.5. The van der Waals surface area contributed by atoms with Crippen LogP contribution in [0.15, 0.2) is 64.9 Å². The largest absolute Gasteiger partial charge is 0.348 e. The smallest absolute Gasteiger partial charge is 0.262 e. The summed E-state index contributed by atoms with van der Waals surface area (Å²) < 4.78 is 28.3. The molecule has 0 saturated carbocycles. The topological polar surface area (TPSA) is 104 Å². The van der Waals surface area contributed by atoms with Crippen molar-refractivity contribution in [2.45, 2.75) is 31.2 Å². The van der Waals surface area contributed by atoms with Crippen molar-refractivity contribution < 1.29 is 18.0 Å². The van der Waals surface area contributed by atoms with Crippen LogP contribution in [0.3, 0.4) is 0 Å². The summed E-state index contributed by atoms with van der Waals surface area (Å²) in [6.07, 6.45) is 0.0130. The third-order valence-corrected chi connectivity index (χ3v) is 7.27. The maximum atomic E-state index is 12.9. The van der Waals surface area contributed by atoms with Crippen LogP contribution in [0.2, 0.25) is 5.02 Å². The van der Waals surface area contributed by atoms with E-state index in [1.165, 1.54) is 24.3 Å². The molecule has 1 atom stereocenters. The van der Waals surface area contributed by atoms with E-state index in [1.807, 2.05) is 17.5 Å². The summed E-state index contributed by atoms with van der Waals surface area (Å²) in [6, 6.07) is 14.2. The maximum absolute atomic E-state index is 12.9. The number of nitrogens with one attached hydrogen (secondary N) is 3. The second-order valence-electron chi connectivity index (χ2n) is 7.11. The number of hydrogen-bond acceptors (Lipinski definition) is 5. The van der Waals surface area contributed by atoms with E-state index in [9.17, 15) is 18.0 Å². The number of carbonyl (C=O) groups is 2. The minimum atomic E-state index is -3.89. The molecule has 32 heavy (non-hydrogen) atoms. The molecule has 1 aromatic heterocycles. The first kappa shape index (κ1) is 23.8. The zero-order valence-corrected chi connectivity index (χ0v) is 19.8. The van der Waals surface area contributed by atoms with Crippen molar-refractivity contribution in [2.24, 2.45) is 0 Å². The van der Waals surface area contributed by atoms with Crippen LogP contribution in [-0.4, -0.2) is 20.2 Å². The Labute approximate surface area is 195 Å². The average Bonchev–Trinajstić information content (AvgIpc) is 3.25. The van der Waals surface area contributed by atoms with Crippen LogP contribution in [0, 0.1) is 6.92 Å². The lowest BCUT2D eigenvalue weighted by Gasteiger charge is -2.17. The van der Waals surface area contributed by atoms with E-state index in [2.05, 4.69) is 15.4 Å². The molecule has 2 amide bonds. The molecule has 168 valence electrons. The molecule has 1 heterocycles. The van der Waals surface area contributed by atoms with Crippen LogP contribution in [0.1, 0.15) is 29.8 Å². The van der Waals surface area contributed by atoms with Crippen molar-refractivity contribution in [2.75, 3.05) is 10.0 Å². The number of aryl methyl sites for hydroxylation is 1. The Balaban J connectivity index is 1.76. The van der Waals surface area contributed by atoms with Crippen molar-refractivity contribution in [3.8, 4) is 0 Å². The van der Waals surface area contributed by atoms with Gasteiger partial charge in [0.15, 0.2) is 0 Å². The lowest BCUT2D eigenvalue weighted by atomic mass is 10.1. The number of thiophene rings is 1. The fourth-order valence-corrected chi connectivity index (χ4v) is 5.28. The zero-order chi connectivity index (χ0) is 23.3. The van der Waals surface area contributed by atoms with Crippen molar-refractivity contribution in [3.05, 3.63) is 75.4 Å². The minimum Gasteiger partial charge on any atom is -0.348 e. The molecule has 1 unspecified atom stereocenters. The Morgan fingerprint density at radius 1 is 1.06 bits per heavy atom. The molecule has 0 radical (unpaired) electrons. The predicted octanol–water partition coefficient (Wildman–Crippen LogP) is 4.72. The van der Waals surface area contributed by atoms with Gasteiger partial charge >= 0.3 is 0 Å². The number of amides is 2. The Kier molecular flexibility index (Phi) is 7.55. The van der Waals surface area contributed by atoms with Gasteiger partial charge in [-0.3, -0.25) is 14.3 Å². The lowest BCUT2D eigenvalue weighted by molar-refractivity contribution is -0.120. The fourth-order valence-electron chi connectivity index (χ4n) is 3.05. The maximum Gasteiger partial charge on any atom is 0.262 e. The highest BCUT2D eigenvalue weighted by Gasteiger charge is 2.21. The first-order valence-corrected chi connectivity index (χ1v) is 12.4. The van der Waals surface area contributed by atoms with Crippen molar-refractivity contribution in [1.82, 2.24) is 5.32 Å². The molecule has 3 aromatic rings. The molecule has 10 heteroatoms. The Morgan fingerprint density at radius 3 is 2.38 bits per heavy atom. The van der Waals surface area contributed by atoms with E-state index >= 15 is 0 Å². The van der Waals surface area contributed by atoms with E-state index < -0.39 is 16.1 Å². The van der Waals surface area contributed by atoms with Gasteiger partial charge in [0.05, 0.1) is 17.4 Å². The third kappa shape index (κ3) is 6.32. The average molecular weight is 492 g/mol. The van der Waals surface area contributed by atoms with Gasteiger partial charge in [-0.1, -0.05) is 23.7 Å². The molecule has 0 aliphatic rings. The Bertz CT molecular complexity index is 1210. The molecule has 0 fully saturated rings. The quantitative estimate of drug-likeness (QED) is 0.424. The van der Waals surface area contributed by atoms with E-state index in [0.29, 0.717) is 22.0 Å². The highest BCUT2D eigenvalue weighted by Crippen LogP contribution is 2.26. The molecule has 3 rings (SSSR count). The SMILES string of the molecule is CC(=O)NC(CC(=O)Nc1ccc(C)c(S(=O)(=O)Nc2ccc(Cl)cc2)c1)c1cccs1. The van der Waals surface area contributed by atoms with E-state index in [1.54, 1.807) is 43.3 Å². The van der Waals surface area contributed by atoms with Crippen LogP contribution in [0.4, 0.5) is 11.4 Å². The van der Waals surface area contributed by atoms with Gasteiger partial charge < -0.3 is 10.6 Å². The summed E-state index contributed by atoms with van der Waals surface area (Å²) in [5.41, 5.74) is 1.24. The summed E-state index contributed by atoms with van der Waals surface area (Å²) in [6.45, 7) is 3.06. The van der Waals surface area contributed by atoms with Crippen molar-refractivity contribution in [3.63, 3.8) is 0 Å². The third-order valence-electron chi connectivity index (χ3n) is 4.51. The normalized spacial score (nSPS) is 12.1. The standard InChI is InChI=1S/C22H22ClN3O4S2/c1-14-5-8-18(12-21(14)32(29,30)26-17-9-6-16(23)7-10-17)25-22(28)13-19(24-15(2)27)20-4-3-11-31-20/h3-12,19,26H,13H2,1-2H3,(H,24,27)(H,25,28). The van der Waals surface area contributed by atoms with Gasteiger partial charge in [-0.05, 0) is 60.3 Å². The van der Waals surface area contributed by atoms with Crippen molar-refractivity contribution in [1.29, 1.82) is 0 Å². The summed E-state index contributed by atoms with van der Waals surface area (Å²) >= 11 is 7.29. The van der Waals surface area contributed by atoms with Gasteiger partial charge in [-0.2, -0.15) is 0 Å². The molecule has 3 N–H and O–H groups in total. The monoisotopic (exact) mass is 491 g/mol. The predicted molar refractivity (Wildman–Crippen MR) is 128 cm³/mol. The molecule has 2 aromatic carbocycles. The fraction of sp³-hybridized carbons (Fsp3) is 0.182. The number of sulfonamides is 1. The van der Waals surface area contributed by atoms with Gasteiger partial charge in [0, 0.05) is 28.2 Å². The molecule has 0 spiro atoms. The summed E-state index contributed by atoms with van der Waals surface area (Å²) in [4.78, 5) is 25.1. The van der Waals surface area contributed by atoms with Crippen LogP contribution < -0.4 is 15.4 Å². The Morgan fingerprint density at radius 2 is 1.75 bits per heavy atom. The van der Waals surface area contributed by atoms with Gasteiger partial charge in [-0.15, -0.1) is 11.3 Å². The first-order chi connectivity index (χ1) is 15.1. The molecule has 7 nitrogen and oxygen atoms in total. The number of anilines is 2. The molecular weight excluding hydrogens is 470 g/mol. The van der Waals surface area contributed by atoms with E-state index in [0.717, 1.165) is 4.88 Å². The number of benzene rings is 2. The number of hydrogen-bond donors (Lipinski definition) is 3. The summed E-state index contributed by atoms with van der Waals surface area (Å²) in [5, 5.41) is 7.86. The van der Waals surface area contributed by atoms with Crippen LogP contribution in [0.25, 0.3) is 0 Å². The molecule has 0 saturated heterocycles. The van der Waals surface area contributed by atoms with Gasteiger partial charge in [0.1, 0.15) is 0 Å². The number of carbonyl (C=O) groups excluding carboxylic acids is 2.